The standard InChI is InChI=1S/C12H14BrClINO/c1-2-9(5-6-14)16-12(17)10-7-8(15)3-4-11(10)13/h3-4,7,9H,2,5-6H2,1H3,(H,16,17). The maximum absolute atomic E-state index is 12.1. The van der Waals surface area contributed by atoms with Crippen LogP contribution in [0.1, 0.15) is 30.1 Å². The van der Waals surface area contributed by atoms with Gasteiger partial charge in [0.15, 0.2) is 0 Å². The van der Waals surface area contributed by atoms with Gasteiger partial charge in [-0.25, -0.2) is 0 Å². The number of nitrogens with one attached hydrogen (secondary N) is 1. The summed E-state index contributed by atoms with van der Waals surface area (Å²) in [5.74, 6) is 0.513. The van der Waals surface area contributed by atoms with Crippen LogP contribution < -0.4 is 5.32 Å². The van der Waals surface area contributed by atoms with Crippen LogP contribution in [-0.2, 0) is 0 Å². The molecule has 1 atom stereocenters. The van der Waals surface area contributed by atoms with Crippen LogP contribution in [-0.4, -0.2) is 17.8 Å². The lowest BCUT2D eigenvalue weighted by Crippen LogP contribution is -2.34. The molecule has 0 aromatic heterocycles. The summed E-state index contributed by atoms with van der Waals surface area (Å²) in [6.07, 6.45) is 1.69. The molecule has 94 valence electrons. The summed E-state index contributed by atoms with van der Waals surface area (Å²) in [5.41, 5.74) is 0.671. The number of amides is 1. The number of benzene rings is 1. The van der Waals surface area contributed by atoms with Crippen LogP contribution in [0.5, 0.6) is 0 Å². The zero-order valence-corrected chi connectivity index (χ0v) is 14.0. The average Bonchev–Trinajstić information content (AvgIpc) is 2.31. The summed E-state index contributed by atoms with van der Waals surface area (Å²) in [4.78, 5) is 12.1. The maximum Gasteiger partial charge on any atom is 0.252 e. The van der Waals surface area contributed by atoms with E-state index in [9.17, 15) is 4.79 Å². The average molecular weight is 431 g/mol. The topological polar surface area (TPSA) is 29.1 Å². The number of rotatable bonds is 5. The van der Waals surface area contributed by atoms with E-state index in [0.29, 0.717) is 11.4 Å². The van der Waals surface area contributed by atoms with E-state index in [4.69, 9.17) is 11.6 Å². The molecule has 5 heteroatoms. The van der Waals surface area contributed by atoms with E-state index < -0.39 is 0 Å². The Kier molecular flexibility index (Phi) is 6.80. The largest absolute Gasteiger partial charge is 0.349 e. The number of carbonyl (C=O) groups excluding carboxylic acids is 1. The monoisotopic (exact) mass is 429 g/mol. The van der Waals surface area contributed by atoms with E-state index in [1.807, 2.05) is 25.1 Å². The predicted molar refractivity (Wildman–Crippen MR) is 83.7 cm³/mol. The lowest BCUT2D eigenvalue weighted by molar-refractivity contribution is 0.0934. The molecule has 0 saturated carbocycles. The van der Waals surface area contributed by atoms with Gasteiger partial charge in [-0.15, -0.1) is 11.6 Å². The summed E-state index contributed by atoms with van der Waals surface area (Å²) in [5, 5.41) is 3.00. The summed E-state index contributed by atoms with van der Waals surface area (Å²) >= 11 is 11.3. The molecule has 0 saturated heterocycles. The molecule has 0 spiro atoms. The van der Waals surface area contributed by atoms with Gasteiger partial charge in [0.05, 0.1) is 5.56 Å². The fourth-order valence-electron chi connectivity index (χ4n) is 1.44. The Morgan fingerprint density at radius 3 is 2.88 bits per heavy atom. The first-order valence-corrected chi connectivity index (χ1v) is 7.81. The van der Waals surface area contributed by atoms with Crippen LogP contribution in [0.15, 0.2) is 22.7 Å². The summed E-state index contributed by atoms with van der Waals surface area (Å²) in [7, 11) is 0. The van der Waals surface area contributed by atoms with E-state index in [-0.39, 0.29) is 11.9 Å². The van der Waals surface area contributed by atoms with Crippen molar-refractivity contribution in [2.24, 2.45) is 0 Å². The van der Waals surface area contributed by atoms with Crippen molar-refractivity contribution >= 4 is 56.0 Å². The molecule has 0 radical (unpaired) electrons. The molecular formula is C12H14BrClINO. The summed E-state index contributed by atoms with van der Waals surface area (Å²) in [6.45, 7) is 2.04. The second-order valence-corrected chi connectivity index (χ2v) is 6.16. The van der Waals surface area contributed by atoms with Crippen molar-refractivity contribution < 1.29 is 4.79 Å². The Balaban J connectivity index is 2.78. The molecular weight excluding hydrogens is 416 g/mol. The molecule has 1 rings (SSSR count). The van der Waals surface area contributed by atoms with Gasteiger partial charge in [0.2, 0.25) is 0 Å². The molecule has 0 aliphatic carbocycles. The van der Waals surface area contributed by atoms with Crippen LogP contribution in [0, 0.1) is 3.57 Å². The molecule has 0 heterocycles. The fraction of sp³-hybridized carbons (Fsp3) is 0.417. The number of hydrogen-bond acceptors (Lipinski definition) is 1. The quantitative estimate of drug-likeness (QED) is 0.551. The smallest absolute Gasteiger partial charge is 0.252 e. The van der Waals surface area contributed by atoms with E-state index in [1.165, 1.54) is 0 Å². The van der Waals surface area contributed by atoms with Crippen molar-refractivity contribution in [1.29, 1.82) is 0 Å². The highest BCUT2D eigenvalue weighted by Gasteiger charge is 2.14. The zero-order chi connectivity index (χ0) is 12.8. The molecule has 0 fully saturated rings. The van der Waals surface area contributed by atoms with E-state index in [2.05, 4.69) is 43.8 Å². The summed E-state index contributed by atoms with van der Waals surface area (Å²) in [6, 6.07) is 5.86. The van der Waals surface area contributed by atoms with Crippen LogP contribution in [0.3, 0.4) is 0 Å². The molecule has 1 unspecified atom stereocenters. The lowest BCUT2D eigenvalue weighted by Gasteiger charge is -2.16. The van der Waals surface area contributed by atoms with Gasteiger partial charge in [0, 0.05) is 20.0 Å². The highest BCUT2D eigenvalue weighted by molar-refractivity contribution is 14.1. The van der Waals surface area contributed by atoms with Crippen LogP contribution in [0.4, 0.5) is 0 Å². The van der Waals surface area contributed by atoms with Crippen LogP contribution >= 0.6 is 50.1 Å². The van der Waals surface area contributed by atoms with Gasteiger partial charge in [-0.1, -0.05) is 6.92 Å². The summed E-state index contributed by atoms with van der Waals surface area (Å²) < 4.78 is 1.86. The first kappa shape index (κ1) is 15.2. The minimum Gasteiger partial charge on any atom is -0.349 e. The normalized spacial score (nSPS) is 12.2. The van der Waals surface area contributed by atoms with Crippen LogP contribution in [0.2, 0.25) is 0 Å². The fourth-order valence-corrected chi connectivity index (χ4v) is 2.63. The molecule has 1 N–H and O–H groups in total. The second kappa shape index (κ2) is 7.59. The van der Waals surface area contributed by atoms with Gasteiger partial charge < -0.3 is 5.32 Å². The lowest BCUT2D eigenvalue weighted by atomic mass is 10.1. The van der Waals surface area contributed by atoms with Crippen molar-refractivity contribution in [3.63, 3.8) is 0 Å². The zero-order valence-electron chi connectivity index (χ0n) is 9.47. The highest BCUT2D eigenvalue weighted by Crippen LogP contribution is 2.19. The van der Waals surface area contributed by atoms with Crippen molar-refractivity contribution in [3.05, 3.63) is 31.8 Å². The Bertz CT molecular complexity index is 400. The maximum atomic E-state index is 12.1. The predicted octanol–water partition coefficient (Wildman–Crippen LogP) is 4.19. The molecule has 0 aliphatic rings. The van der Waals surface area contributed by atoms with Crippen molar-refractivity contribution in [1.82, 2.24) is 5.32 Å². The third-order valence-electron chi connectivity index (χ3n) is 2.46. The molecule has 0 bridgehead atoms. The molecule has 2 nitrogen and oxygen atoms in total. The van der Waals surface area contributed by atoms with Crippen molar-refractivity contribution in [2.45, 2.75) is 25.8 Å². The molecule has 0 aliphatic heterocycles. The van der Waals surface area contributed by atoms with Gasteiger partial charge >= 0.3 is 0 Å². The van der Waals surface area contributed by atoms with Crippen LogP contribution in [0.25, 0.3) is 0 Å². The third kappa shape index (κ3) is 4.75. The molecule has 1 amide bonds. The Hall–Kier alpha value is 0.190. The Labute approximate surface area is 129 Å². The number of halogens is 3. The van der Waals surface area contributed by atoms with E-state index in [1.54, 1.807) is 0 Å². The molecule has 17 heavy (non-hydrogen) atoms. The Morgan fingerprint density at radius 2 is 2.29 bits per heavy atom. The van der Waals surface area contributed by atoms with Crippen molar-refractivity contribution in [3.8, 4) is 0 Å². The van der Waals surface area contributed by atoms with Crippen molar-refractivity contribution in [2.75, 3.05) is 5.88 Å². The van der Waals surface area contributed by atoms with E-state index in [0.717, 1.165) is 20.9 Å². The first-order valence-electron chi connectivity index (χ1n) is 5.40. The Morgan fingerprint density at radius 1 is 1.59 bits per heavy atom. The SMILES string of the molecule is CCC(CCCl)NC(=O)c1cc(I)ccc1Br. The van der Waals surface area contributed by atoms with Gasteiger partial charge in [0.25, 0.3) is 5.91 Å². The molecule has 1 aromatic rings. The molecule has 1 aromatic carbocycles. The first-order chi connectivity index (χ1) is 8.08. The van der Waals surface area contributed by atoms with E-state index >= 15 is 0 Å². The number of carbonyl (C=O) groups is 1. The minimum absolute atomic E-state index is 0.0487. The third-order valence-corrected chi connectivity index (χ3v) is 4.04. The minimum atomic E-state index is -0.0487. The highest BCUT2D eigenvalue weighted by atomic mass is 127. The number of hydrogen-bond donors (Lipinski definition) is 1. The van der Waals surface area contributed by atoms with Gasteiger partial charge in [-0.05, 0) is 69.6 Å². The van der Waals surface area contributed by atoms with Gasteiger partial charge in [0.1, 0.15) is 0 Å². The number of alkyl halides is 1. The van der Waals surface area contributed by atoms with Gasteiger partial charge in [-0.3, -0.25) is 4.79 Å². The van der Waals surface area contributed by atoms with Gasteiger partial charge in [-0.2, -0.15) is 0 Å². The second-order valence-electron chi connectivity index (χ2n) is 3.68.